The average Bonchev–Trinajstić information content (AvgIpc) is 2.38. The molecule has 0 saturated heterocycles. The molecular formula is C12H10N2O2. The lowest BCUT2D eigenvalue weighted by Crippen LogP contribution is -2.10. The van der Waals surface area contributed by atoms with Gasteiger partial charge in [0.05, 0.1) is 11.3 Å². The maximum atomic E-state index is 11.5. The topological polar surface area (TPSA) is 51.2 Å². The summed E-state index contributed by atoms with van der Waals surface area (Å²) in [4.78, 5) is 20.2. The molecule has 0 saturated carbocycles. The minimum atomic E-state index is -0.461. The summed E-state index contributed by atoms with van der Waals surface area (Å²) in [7, 11) is 0. The Balaban J connectivity index is 1.95. The van der Waals surface area contributed by atoms with Crippen molar-refractivity contribution in [2.45, 2.75) is 0 Å². The van der Waals surface area contributed by atoms with Crippen molar-refractivity contribution >= 4 is 11.7 Å². The molecule has 0 aliphatic rings. The van der Waals surface area contributed by atoms with Crippen molar-refractivity contribution in [3.63, 3.8) is 0 Å². The number of nitrogens with zero attached hydrogens (tertiary/aromatic N) is 1. The van der Waals surface area contributed by atoms with Crippen LogP contribution >= 0.6 is 0 Å². The molecule has 80 valence electrons. The second kappa shape index (κ2) is 4.93. The molecule has 1 heterocycles. The summed E-state index contributed by atoms with van der Waals surface area (Å²) in [6, 6.07) is 12.5. The number of benzene rings is 1. The van der Waals surface area contributed by atoms with Gasteiger partial charge in [-0.3, -0.25) is 4.98 Å². The van der Waals surface area contributed by atoms with E-state index in [1.165, 1.54) is 6.20 Å². The summed E-state index contributed by atoms with van der Waals surface area (Å²) >= 11 is 0. The summed E-state index contributed by atoms with van der Waals surface area (Å²) in [6.45, 7) is 0. The maximum Gasteiger partial charge on any atom is 0.364 e. The molecule has 0 atom stereocenters. The predicted molar refractivity (Wildman–Crippen MR) is 59.7 cm³/mol. The number of nitrogens with one attached hydrogen (secondary N) is 1. The van der Waals surface area contributed by atoms with Gasteiger partial charge in [-0.2, -0.15) is 0 Å². The molecule has 4 heteroatoms. The number of rotatable bonds is 3. The SMILES string of the molecule is O=C(ONc1ccccc1)c1cccnc1. The van der Waals surface area contributed by atoms with Crippen molar-refractivity contribution in [1.82, 2.24) is 4.98 Å². The molecule has 1 aromatic carbocycles. The summed E-state index contributed by atoms with van der Waals surface area (Å²) in [5.74, 6) is -0.461. The summed E-state index contributed by atoms with van der Waals surface area (Å²) in [5.41, 5.74) is 3.70. The lowest BCUT2D eigenvalue weighted by Gasteiger charge is -2.05. The first-order valence-electron chi connectivity index (χ1n) is 4.78. The smallest absolute Gasteiger partial charge is 0.338 e. The van der Waals surface area contributed by atoms with Gasteiger partial charge in [-0.05, 0) is 24.3 Å². The van der Waals surface area contributed by atoms with Crippen LogP contribution in [0.15, 0.2) is 54.9 Å². The van der Waals surface area contributed by atoms with E-state index in [2.05, 4.69) is 10.5 Å². The van der Waals surface area contributed by atoms with Crippen LogP contribution in [0.1, 0.15) is 10.4 Å². The fourth-order valence-corrected chi connectivity index (χ4v) is 1.15. The summed E-state index contributed by atoms with van der Waals surface area (Å²) in [5, 5.41) is 0. The molecule has 4 nitrogen and oxygen atoms in total. The van der Waals surface area contributed by atoms with E-state index in [9.17, 15) is 4.79 Å². The number of hydrogen-bond donors (Lipinski definition) is 1. The average molecular weight is 214 g/mol. The van der Waals surface area contributed by atoms with Crippen molar-refractivity contribution in [1.29, 1.82) is 0 Å². The lowest BCUT2D eigenvalue weighted by atomic mass is 10.3. The minimum absolute atomic E-state index is 0.408. The number of aromatic nitrogens is 1. The van der Waals surface area contributed by atoms with E-state index < -0.39 is 5.97 Å². The Bertz CT molecular complexity index is 457. The van der Waals surface area contributed by atoms with Crippen LogP contribution in [-0.4, -0.2) is 11.0 Å². The van der Waals surface area contributed by atoms with Crippen molar-refractivity contribution < 1.29 is 9.63 Å². The van der Waals surface area contributed by atoms with Crippen molar-refractivity contribution in [3.8, 4) is 0 Å². The Morgan fingerprint density at radius 2 is 1.94 bits per heavy atom. The molecule has 0 spiro atoms. The zero-order chi connectivity index (χ0) is 11.2. The standard InChI is InChI=1S/C12H10N2O2/c15-12(10-5-4-8-13-9-10)16-14-11-6-2-1-3-7-11/h1-9,14H. The summed E-state index contributed by atoms with van der Waals surface area (Å²) < 4.78 is 0. The molecule has 1 aromatic heterocycles. The molecule has 16 heavy (non-hydrogen) atoms. The normalized spacial score (nSPS) is 9.50. The third-order valence-corrected chi connectivity index (χ3v) is 1.93. The van der Waals surface area contributed by atoms with E-state index in [0.717, 1.165) is 5.69 Å². The molecule has 0 aliphatic carbocycles. The molecule has 2 rings (SSSR count). The van der Waals surface area contributed by atoms with Gasteiger partial charge in [0.25, 0.3) is 0 Å². The van der Waals surface area contributed by atoms with Crippen molar-refractivity contribution in [2.75, 3.05) is 5.48 Å². The quantitative estimate of drug-likeness (QED) is 0.796. The van der Waals surface area contributed by atoms with E-state index in [4.69, 9.17) is 4.84 Å². The lowest BCUT2D eigenvalue weighted by molar-refractivity contribution is 0.0596. The summed E-state index contributed by atoms with van der Waals surface area (Å²) in [6.07, 6.45) is 3.05. The van der Waals surface area contributed by atoms with E-state index in [0.29, 0.717) is 5.56 Å². The fraction of sp³-hybridized carbons (Fsp3) is 0. The van der Waals surface area contributed by atoms with Gasteiger partial charge in [0, 0.05) is 12.4 Å². The van der Waals surface area contributed by atoms with Gasteiger partial charge in [-0.15, -0.1) is 0 Å². The molecule has 1 N–H and O–H groups in total. The van der Waals surface area contributed by atoms with Gasteiger partial charge in [0.15, 0.2) is 0 Å². The predicted octanol–water partition coefficient (Wildman–Crippen LogP) is 2.27. The first-order chi connectivity index (χ1) is 7.86. The third kappa shape index (κ3) is 2.57. The fourth-order valence-electron chi connectivity index (χ4n) is 1.15. The largest absolute Gasteiger partial charge is 0.364 e. The Morgan fingerprint density at radius 3 is 2.62 bits per heavy atom. The van der Waals surface area contributed by atoms with Crippen LogP contribution in [0.2, 0.25) is 0 Å². The Labute approximate surface area is 92.9 Å². The van der Waals surface area contributed by atoms with Crippen LogP contribution in [0.4, 0.5) is 5.69 Å². The molecule has 0 bridgehead atoms. The number of para-hydroxylation sites is 1. The van der Waals surface area contributed by atoms with Crippen LogP contribution in [0.25, 0.3) is 0 Å². The van der Waals surface area contributed by atoms with E-state index in [-0.39, 0.29) is 0 Å². The molecule has 2 aromatic rings. The van der Waals surface area contributed by atoms with Crippen LogP contribution in [-0.2, 0) is 4.84 Å². The first-order valence-corrected chi connectivity index (χ1v) is 4.78. The first kappa shape index (κ1) is 10.2. The van der Waals surface area contributed by atoms with E-state index in [1.54, 1.807) is 30.5 Å². The molecule has 0 unspecified atom stereocenters. The van der Waals surface area contributed by atoms with Crippen molar-refractivity contribution in [2.24, 2.45) is 0 Å². The van der Waals surface area contributed by atoms with Crippen LogP contribution < -0.4 is 5.48 Å². The molecular weight excluding hydrogens is 204 g/mol. The monoisotopic (exact) mass is 214 g/mol. The van der Waals surface area contributed by atoms with Gasteiger partial charge in [0.1, 0.15) is 0 Å². The van der Waals surface area contributed by atoms with Crippen LogP contribution in [0, 0.1) is 0 Å². The highest BCUT2D eigenvalue weighted by Crippen LogP contribution is 2.06. The zero-order valence-electron chi connectivity index (χ0n) is 8.46. The second-order valence-electron chi connectivity index (χ2n) is 3.10. The zero-order valence-corrected chi connectivity index (χ0v) is 8.46. The van der Waals surface area contributed by atoms with Crippen LogP contribution in [0.3, 0.4) is 0 Å². The maximum absolute atomic E-state index is 11.5. The molecule has 0 amide bonds. The highest BCUT2D eigenvalue weighted by atomic mass is 16.7. The van der Waals surface area contributed by atoms with Gasteiger partial charge in [-0.1, -0.05) is 18.2 Å². The number of anilines is 1. The van der Waals surface area contributed by atoms with Gasteiger partial charge >= 0.3 is 5.97 Å². The second-order valence-corrected chi connectivity index (χ2v) is 3.10. The van der Waals surface area contributed by atoms with E-state index >= 15 is 0 Å². The van der Waals surface area contributed by atoms with E-state index in [1.807, 2.05) is 18.2 Å². The highest BCUT2D eigenvalue weighted by molar-refractivity contribution is 5.89. The Morgan fingerprint density at radius 1 is 1.12 bits per heavy atom. The number of hydrogen-bond acceptors (Lipinski definition) is 4. The Hall–Kier alpha value is -2.36. The van der Waals surface area contributed by atoms with Gasteiger partial charge < -0.3 is 4.84 Å². The minimum Gasteiger partial charge on any atom is -0.338 e. The third-order valence-electron chi connectivity index (χ3n) is 1.93. The van der Waals surface area contributed by atoms with Gasteiger partial charge in [0.2, 0.25) is 0 Å². The Kier molecular flexibility index (Phi) is 3.13. The van der Waals surface area contributed by atoms with Gasteiger partial charge in [-0.25, -0.2) is 10.3 Å². The number of carbonyl (C=O) groups is 1. The highest BCUT2D eigenvalue weighted by Gasteiger charge is 2.06. The molecule has 0 fully saturated rings. The van der Waals surface area contributed by atoms with Crippen LogP contribution in [0.5, 0.6) is 0 Å². The number of pyridine rings is 1. The molecule has 0 aliphatic heterocycles. The number of carbonyl (C=O) groups excluding carboxylic acids is 1. The molecule has 0 radical (unpaired) electrons. The van der Waals surface area contributed by atoms with Crippen molar-refractivity contribution in [3.05, 3.63) is 60.4 Å².